The van der Waals surface area contributed by atoms with E-state index in [2.05, 4.69) is 5.32 Å². The van der Waals surface area contributed by atoms with Crippen LogP contribution in [-0.4, -0.2) is 22.7 Å². The Morgan fingerprint density at radius 3 is 1.83 bits per heavy atom. The molecule has 0 bridgehead atoms. The summed E-state index contributed by atoms with van der Waals surface area (Å²) < 4.78 is 14.3. The van der Waals surface area contributed by atoms with E-state index in [-0.39, 0.29) is 106 Å². The summed E-state index contributed by atoms with van der Waals surface area (Å²) in [5.41, 5.74) is -1.86. The second kappa shape index (κ2) is 16.4. The van der Waals surface area contributed by atoms with Crippen LogP contribution in [0.1, 0.15) is 17.3 Å². The van der Waals surface area contributed by atoms with Crippen LogP contribution < -0.4 is 114 Å². The number of rotatable bonds is 4. The van der Waals surface area contributed by atoms with Crippen LogP contribution in [0.25, 0.3) is 0 Å². The fourth-order valence-corrected chi connectivity index (χ4v) is 1.62. The van der Waals surface area contributed by atoms with Crippen LogP contribution >= 0.6 is 7.60 Å². The molecule has 0 aliphatic heterocycles. The zero-order chi connectivity index (χ0) is 20.6. The number of amides is 1. The molecule has 2 aromatic rings. The third kappa shape index (κ3) is 13.3. The smallest absolute Gasteiger partial charge is 0.807 e. The summed E-state index contributed by atoms with van der Waals surface area (Å²) in [5.74, 6) is -0.626. The quantitative estimate of drug-likeness (QED) is 0.193. The zero-order valence-electron chi connectivity index (χ0n) is 16.8. The molecular weight excluding hydrogens is 450 g/mol. The monoisotopic (exact) mass is 463 g/mol. The maximum absolute atomic E-state index is 11.8. The normalized spacial score (nSPS) is 9.17. The molecule has 10 nitrogen and oxygen atoms in total. The molecule has 144 valence electrons. The molecule has 0 spiro atoms. The predicted molar refractivity (Wildman–Crippen MR) is 86.8 cm³/mol. The number of esters is 1. The summed E-state index contributed by atoms with van der Waals surface area (Å²) in [6, 6.07) is 12.5. The van der Waals surface area contributed by atoms with Gasteiger partial charge in [-0.15, -0.1) is 0 Å². The molecule has 2 rings (SSSR count). The fourth-order valence-electron chi connectivity index (χ4n) is 1.62. The van der Waals surface area contributed by atoms with Crippen molar-refractivity contribution in [3.63, 3.8) is 0 Å². The minimum Gasteiger partial charge on any atom is -0.807 e. The summed E-state index contributed by atoms with van der Waals surface area (Å²) in [6.07, 6.45) is 0. The van der Waals surface area contributed by atoms with E-state index in [0.717, 1.165) is 0 Å². The van der Waals surface area contributed by atoms with Crippen LogP contribution in [0.2, 0.25) is 0 Å². The Kier molecular flexibility index (Phi) is 18.9. The number of hydrogen-bond acceptors (Lipinski definition) is 9. The van der Waals surface area contributed by atoms with Crippen molar-refractivity contribution in [3.05, 3.63) is 54.1 Å². The fraction of sp³-hybridized carbons (Fsp3) is 0.0625. The van der Waals surface area contributed by atoms with Gasteiger partial charge in [-0.25, -0.2) is 4.79 Å². The van der Waals surface area contributed by atoms with Gasteiger partial charge in [-0.2, -0.15) is 0 Å². The van der Waals surface area contributed by atoms with Gasteiger partial charge < -0.3 is 39.4 Å². The number of para-hydroxylation sites is 1. The van der Waals surface area contributed by atoms with E-state index in [4.69, 9.17) is 29.0 Å². The summed E-state index contributed by atoms with van der Waals surface area (Å²) in [5, 5.41) is 21.2. The molecular formula is C16H13NNa3O9P. The molecule has 0 saturated heterocycles. The van der Waals surface area contributed by atoms with E-state index < -0.39 is 19.3 Å². The van der Waals surface area contributed by atoms with Crippen molar-refractivity contribution in [2.75, 3.05) is 5.32 Å². The Morgan fingerprint density at radius 1 is 0.967 bits per heavy atom. The number of ether oxygens (including phenoxy) is 1. The average Bonchev–Trinajstić information content (AvgIpc) is 2.56. The standard InChI is InChI=1S/C15H13NO4.CH3O5P.3Na/c1-10(17)16-11-6-8-12(9-7-11)20-15(19)13-4-2-3-5-14(13)18;2-1(3)7(4,5)6;;;/h2-9,18H,1H3,(H,16,17);(H,2,3)(H2,4,5,6);;;/q;;3*+1/p-3. The Bertz CT molecular complexity index is 888. The molecule has 0 atom stereocenters. The number of phenols is 1. The van der Waals surface area contributed by atoms with Crippen molar-refractivity contribution in [2.24, 2.45) is 0 Å². The molecule has 0 fully saturated rings. The first-order valence-corrected chi connectivity index (χ1v) is 8.66. The van der Waals surface area contributed by atoms with Gasteiger partial charge in [-0.3, -0.25) is 4.79 Å². The van der Waals surface area contributed by atoms with Crippen LogP contribution in [0.15, 0.2) is 48.5 Å². The third-order valence-corrected chi connectivity index (χ3v) is 3.18. The number of carbonyl (C=O) groups excluding carboxylic acids is 3. The molecule has 0 aliphatic carbocycles. The number of hydrogen-bond donors (Lipinski definition) is 2. The minimum atomic E-state index is -5.43. The SMILES string of the molecule is CC(=O)Nc1ccc(OC(=O)c2ccccc2O)cc1.O=C([O-])P(=O)([O-])[O-].[Na+].[Na+].[Na+]. The molecule has 30 heavy (non-hydrogen) atoms. The van der Waals surface area contributed by atoms with Crippen LogP contribution in [0, 0.1) is 0 Å². The summed E-state index contributed by atoms with van der Waals surface area (Å²) in [6.45, 7) is 1.41. The molecule has 0 heterocycles. The first kappa shape index (κ1) is 34.4. The number of anilines is 1. The molecule has 2 aromatic carbocycles. The largest absolute Gasteiger partial charge is 1.00 e. The van der Waals surface area contributed by atoms with E-state index in [9.17, 15) is 14.7 Å². The summed E-state index contributed by atoms with van der Waals surface area (Å²) in [7, 11) is -5.43. The number of nitrogens with one attached hydrogen (secondary N) is 1. The van der Waals surface area contributed by atoms with Crippen molar-refractivity contribution < 1.29 is 132 Å². The Balaban J connectivity index is -0.000000637. The van der Waals surface area contributed by atoms with Gasteiger partial charge in [-0.1, -0.05) is 12.1 Å². The molecule has 1 amide bonds. The van der Waals surface area contributed by atoms with Gasteiger partial charge in [0, 0.05) is 12.6 Å². The van der Waals surface area contributed by atoms with Crippen molar-refractivity contribution in [3.8, 4) is 11.5 Å². The number of phenolic OH excluding ortho intramolecular Hbond substituents is 1. The number of benzene rings is 2. The average molecular weight is 463 g/mol. The predicted octanol–water partition coefficient (Wildman–Crippen LogP) is -9.17. The molecule has 14 heteroatoms. The Labute approximate surface area is 238 Å². The van der Waals surface area contributed by atoms with Crippen molar-refractivity contribution in [1.29, 1.82) is 0 Å². The van der Waals surface area contributed by atoms with Gasteiger partial charge in [0.25, 0.3) is 0 Å². The molecule has 0 aromatic heterocycles. The second-order valence-corrected chi connectivity index (χ2v) is 6.24. The van der Waals surface area contributed by atoms with Crippen LogP contribution in [0.3, 0.4) is 0 Å². The molecule has 0 aliphatic rings. The summed E-state index contributed by atoms with van der Waals surface area (Å²) in [4.78, 5) is 50.0. The molecule has 0 saturated carbocycles. The molecule has 0 radical (unpaired) electrons. The Morgan fingerprint density at radius 2 is 1.43 bits per heavy atom. The third-order valence-electron chi connectivity index (χ3n) is 2.73. The maximum atomic E-state index is 11.8. The van der Waals surface area contributed by atoms with Gasteiger partial charge in [0.05, 0.1) is 5.71 Å². The van der Waals surface area contributed by atoms with E-state index in [0.29, 0.717) is 11.4 Å². The van der Waals surface area contributed by atoms with E-state index >= 15 is 0 Å². The van der Waals surface area contributed by atoms with E-state index in [1.807, 2.05) is 0 Å². The molecule has 0 unspecified atom stereocenters. The number of carboxylic acid groups (broad SMARTS) is 1. The van der Waals surface area contributed by atoms with Crippen molar-refractivity contribution >= 4 is 30.9 Å². The van der Waals surface area contributed by atoms with Crippen LogP contribution in [-0.2, 0) is 9.36 Å². The van der Waals surface area contributed by atoms with Gasteiger partial charge in [-0.05, 0) is 44.0 Å². The minimum absolute atomic E-state index is 0. The van der Waals surface area contributed by atoms with Gasteiger partial charge in [0.2, 0.25) is 5.91 Å². The first-order chi connectivity index (χ1) is 12.5. The van der Waals surface area contributed by atoms with Gasteiger partial charge >= 0.3 is 94.6 Å². The van der Waals surface area contributed by atoms with Gasteiger partial charge in [0.1, 0.15) is 17.1 Å². The van der Waals surface area contributed by atoms with Crippen LogP contribution in [0.4, 0.5) is 10.5 Å². The van der Waals surface area contributed by atoms with E-state index in [1.165, 1.54) is 19.1 Å². The topological polar surface area (TPSA) is 179 Å². The number of carbonyl (C=O) groups is 3. The molecule has 2 N–H and O–H groups in total. The first-order valence-electron chi connectivity index (χ1n) is 7.12. The van der Waals surface area contributed by atoms with Crippen LogP contribution in [0.5, 0.6) is 11.5 Å². The maximum Gasteiger partial charge on any atom is 1.00 e. The summed E-state index contributed by atoms with van der Waals surface area (Å²) >= 11 is 0. The van der Waals surface area contributed by atoms with E-state index in [1.54, 1.807) is 36.4 Å². The number of aromatic hydroxyl groups is 1. The van der Waals surface area contributed by atoms with Crippen molar-refractivity contribution in [1.82, 2.24) is 0 Å². The second-order valence-electron chi connectivity index (χ2n) is 4.88. The van der Waals surface area contributed by atoms with Gasteiger partial charge in [0.15, 0.2) is 0 Å². The zero-order valence-corrected chi connectivity index (χ0v) is 23.7. The van der Waals surface area contributed by atoms with Crippen molar-refractivity contribution in [2.45, 2.75) is 6.92 Å². The Hall–Kier alpha value is -0.200.